The SMILES string of the molecule is CCN(CC)C(C)(CC)C(Cc1cccnc1)NN. The summed E-state index contributed by atoms with van der Waals surface area (Å²) in [5.74, 6) is 5.83. The summed E-state index contributed by atoms with van der Waals surface area (Å²) < 4.78 is 0. The smallest absolute Gasteiger partial charge is 0.0432 e. The fourth-order valence-electron chi connectivity index (χ4n) is 2.85. The van der Waals surface area contributed by atoms with Gasteiger partial charge >= 0.3 is 0 Å². The van der Waals surface area contributed by atoms with Gasteiger partial charge in [-0.3, -0.25) is 21.2 Å². The predicted octanol–water partition coefficient (Wildman–Crippen LogP) is 1.97. The normalized spacial score (nSPS) is 16.3. The molecule has 0 saturated heterocycles. The van der Waals surface area contributed by atoms with E-state index in [4.69, 9.17) is 5.84 Å². The van der Waals surface area contributed by atoms with Gasteiger partial charge in [0.1, 0.15) is 0 Å². The van der Waals surface area contributed by atoms with Gasteiger partial charge in [-0.15, -0.1) is 0 Å². The molecule has 2 atom stereocenters. The van der Waals surface area contributed by atoms with Crippen molar-refractivity contribution >= 4 is 0 Å². The second-order valence-electron chi connectivity index (χ2n) is 5.17. The van der Waals surface area contributed by atoms with Crippen molar-refractivity contribution in [1.29, 1.82) is 0 Å². The van der Waals surface area contributed by atoms with Gasteiger partial charge in [-0.05, 0) is 44.5 Å². The molecule has 0 amide bonds. The van der Waals surface area contributed by atoms with Crippen LogP contribution in [-0.2, 0) is 6.42 Å². The molecule has 0 saturated carbocycles. The summed E-state index contributed by atoms with van der Waals surface area (Å²) in [6, 6.07) is 4.29. The molecular weight excluding hydrogens is 236 g/mol. The summed E-state index contributed by atoms with van der Waals surface area (Å²) in [7, 11) is 0. The van der Waals surface area contributed by atoms with Crippen molar-refractivity contribution in [1.82, 2.24) is 15.3 Å². The van der Waals surface area contributed by atoms with E-state index in [-0.39, 0.29) is 11.6 Å². The molecule has 1 rings (SSSR count). The average molecular weight is 264 g/mol. The molecule has 0 bridgehead atoms. The molecule has 3 N–H and O–H groups in total. The Balaban J connectivity index is 2.92. The fourth-order valence-corrected chi connectivity index (χ4v) is 2.85. The molecule has 1 aromatic rings. The number of hydrogen-bond donors (Lipinski definition) is 2. The second kappa shape index (κ2) is 7.58. The van der Waals surface area contributed by atoms with Crippen LogP contribution in [0.25, 0.3) is 0 Å². The standard InChI is InChI=1S/C15H28N4/c1-5-15(4,19(6-2)7-3)14(18-16)11-13-9-8-10-17-12-13/h8-10,12,14,18H,5-7,11,16H2,1-4H3. The summed E-state index contributed by atoms with van der Waals surface area (Å²) in [6.07, 6.45) is 5.68. The molecule has 4 heteroatoms. The average Bonchev–Trinajstić information content (AvgIpc) is 2.46. The topological polar surface area (TPSA) is 54.2 Å². The monoisotopic (exact) mass is 264 g/mol. The molecule has 0 aliphatic rings. The molecule has 19 heavy (non-hydrogen) atoms. The fraction of sp³-hybridized carbons (Fsp3) is 0.667. The highest BCUT2D eigenvalue weighted by atomic mass is 15.3. The maximum absolute atomic E-state index is 5.83. The van der Waals surface area contributed by atoms with E-state index in [2.05, 4.69) is 49.1 Å². The van der Waals surface area contributed by atoms with Crippen LogP contribution in [0.4, 0.5) is 0 Å². The minimum Gasteiger partial charge on any atom is -0.297 e. The quantitative estimate of drug-likeness (QED) is 0.557. The highest BCUT2D eigenvalue weighted by Crippen LogP contribution is 2.25. The molecule has 0 spiro atoms. The maximum Gasteiger partial charge on any atom is 0.0432 e. The van der Waals surface area contributed by atoms with Gasteiger partial charge in [-0.1, -0.05) is 26.8 Å². The third-order valence-corrected chi connectivity index (χ3v) is 4.32. The lowest BCUT2D eigenvalue weighted by Crippen LogP contribution is -2.61. The zero-order valence-corrected chi connectivity index (χ0v) is 12.7. The molecule has 1 aromatic heterocycles. The maximum atomic E-state index is 5.83. The van der Waals surface area contributed by atoms with Crippen LogP contribution in [0.3, 0.4) is 0 Å². The lowest BCUT2D eigenvalue weighted by Gasteiger charge is -2.45. The molecule has 0 fully saturated rings. The molecule has 0 aliphatic carbocycles. The van der Waals surface area contributed by atoms with E-state index in [0.29, 0.717) is 0 Å². The van der Waals surface area contributed by atoms with E-state index in [1.54, 1.807) is 6.20 Å². The third kappa shape index (κ3) is 3.75. The van der Waals surface area contributed by atoms with Gasteiger partial charge in [0.2, 0.25) is 0 Å². The number of hydrazine groups is 1. The minimum absolute atomic E-state index is 0.0497. The number of pyridine rings is 1. The number of nitrogens with one attached hydrogen (secondary N) is 1. The molecule has 108 valence electrons. The van der Waals surface area contributed by atoms with Crippen molar-refractivity contribution in [3.8, 4) is 0 Å². The first-order valence-electron chi connectivity index (χ1n) is 7.22. The number of nitrogens with zero attached hydrogens (tertiary/aromatic N) is 2. The van der Waals surface area contributed by atoms with Gasteiger partial charge in [-0.25, -0.2) is 0 Å². The Morgan fingerprint density at radius 3 is 2.47 bits per heavy atom. The Hall–Kier alpha value is -0.970. The Kier molecular flexibility index (Phi) is 6.42. The van der Waals surface area contributed by atoms with Gasteiger partial charge in [0.05, 0.1) is 0 Å². The number of rotatable bonds is 8. The number of likely N-dealkylation sites (N-methyl/N-ethyl adjacent to an activating group) is 1. The van der Waals surface area contributed by atoms with E-state index >= 15 is 0 Å². The zero-order valence-electron chi connectivity index (χ0n) is 12.7. The number of aromatic nitrogens is 1. The summed E-state index contributed by atoms with van der Waals surface area (Å²) in [5.41, 5.74) is 4.29. The van der Waals surface area contributed by atoms with Crippen LogP contribution in [0, 0.1) is 0 Å². The van der Waals surface area contributed by atoms with E-state index in [9.17, 15) is 0 Å². The van der Waals surface area contributed by atoms with Crippen molar-refractivity contribution in [2.24, 2.45) is 5.84 Å². The Morgan fingerprint density at radius 2 is 2.05 bits per heavy atom. The summed E-state index contributed by atoms with van der Waals surface area (Å²) >= 11 is 0. The minimum atomic E-state index is 0.0497. The molecule has 1 heterocycles. The van der Waals surface area contributed by atoms with Crippen LogP contribution in [0.5, 0.6) is 0 Å². The van der Waals surface area contributed by atoms with E-state index < -0.39 is 0 Å². The first kappa shape index (κ1) is 16.1. The van der Waals surface area contributed by atoms with Gasteiger partial charge in [0, 0.05) is 24.0 Å². The van der Waals surface area contributed by atoms with Gasteiger partial charge in [-0.2, -0.15) is 0 Å². The van der Waals surface area contributed by atoms with Crippen LogP contribution in [0.15, 0.2) is 24.5 Å². The highest BCUT2D eigenvalue weighted by molar-refractivity contribution is 5.13. The van der Waals surface area contributed by atoms with E-state index in [0.717, 1.165) is 25.9 Å². The lowest BCUT2D eigenvalue weighted by molar-refractivity contribution is 0.0701. The van der Waals surface area contributed by atoms with E-state index in [1.165, 1.54) is 5.56 Å². The van der Waals surface area contributed by atoms with Gasteiger partial charge in [0.25, 0.3) is 0 Å². The highest BCUT2D eigenvalue weighted by Gasteiger charge is 2.36. The lowest BCUT2D eigenvalue weighted by atomic mass is 9.84. The number of nitrogens with two attached hydrogens (primary N) is 1. The van der Waals surface area contributed by atoms with Crippen LogP contribution in [0.2, 0.25) is 0 Å². The third-order valence-electron chi connectivity index (χ3n) is 4.32. The summed E-state index contributed by atoms with van der Waals surface area (Å²) in [6.45, 7) is 11.0. The molecule has 2 unspecified atom stereocenters. The van der Waals surface area contributed by atoms with Crippen molar-refractivity contribution in [3.63, 3.8) is 0 Å². The molecule has 0 aliphatic heterocycles. The summed E-state index contributed by atoms with van der Waals surface area (Å²) in [4.78, 5) is 6.66. The molecular formula is C15H28N4. The number of hydrogen-bond acceptors (Lipinski definition) is 4. The zero-order chi connectivity index (χ0) is 14.3. The Morgan fingerprint density at radius 1 is 1.37 bits per heavy atom. The van der Waals surface area contributed by atoms with Gasteiger partial charge in [0.15, 0.2) is 0 Å². The second-order valence-corrected chi connectivity index (χ2v) is 5.17. The van der Waals surface area contributed by atoms with Gasteiger partial charge < -0.3 is 0 Å². The van der Waals surface area contributed by atoms with Crippen LogP contribution < -0.4 is 11.3 Å². The van der Waals surface area contributed by atoms with E-state index in [1.807, 2.05) is 12.3 Å². The van der Waals surface area contributed by atoms with Crippen molar-refractivity contribution in [3.05, 3.63) is 30.1 Å². The molecule has 0 radical (unpaired) electrons. The Labute approximate surface area is 117 Å². The first-order chi connectivity index (χ1) is 9.12. The van der Waals surface area contributed by atoms with Crippen molar-refractivity contribution < 1.29 is 0 Å². The molecule has 0 aromatic carbocycles. The van der Waals surface area contributed by atoms with Crippen LogP contribution in [0.1, 0.15) is 39.7 Å². The van der Waals surface area contributed by atoms with Crippen LogP contribution >= 0.6 is 0 Å². The summed E-state index contributed by atoms with van der Waals surface area (Å²) in [5, 5.41) is 0. The van der Waals surface area contributed by atoms with Crippen LogP contribution in [-0.4, -0.2) is 34.6 Å². The molecule has 4 nitrogen and oxygen atoms in total. The van der Waals surface area contributed by atoms with Crippen molar-refractivity contribution in [2.45, 2.75) is 52.1 Å². The largest absolute Gasteiger partial charge is 0.297 e. The Bertz CT molecular complexity index is 350. The first-order valence-corrected chi connectivity index (χ1v) is 7.22. The van der Waals surface area contributed by atoms with Crippen molar-refractivity contribution in [2.75, 3.05) is 13.1 Å². The predicted molar refractivity (Wildman–Crippen MR) is 80.7 cm³/mol.